The maximum absolute atomic E-state index is 6.04. The Kier molecular flexibility index (Phi) is 2.44. The zero-order chi connectivity index (χ0) is 12.0. The number of fused-ring (bicyclic) bond motifs is 1. The van der Waals surface area contributed by atoms with Gasteiger partial charge < -0.3 is 10.1 Å². The molecule has 3 rings (SSSR count). The first-order valence-electron chi connectivity index (χ1n) is 6.66. The Morgan fingerprint density at radius 2 is 2.12 bits per heavy atom. The lowest BCUT2D eigenvalue weighted by atomic mass is 9.94. The molecule has 92 valence electrons. The summed E-state index contributed by atoms with van der Waals surface area (Å²) < 4.78 is 6.04. The number of hydrogen-bond acceptors (Lipinski definition) is 2. The van der Waals surface area contributed by atoms with E-state index >= 15 is 0 Å². The molecular weight excluding hydrogens is 210 g/mol. The fourth-order valence-electron chi connectivity index (χ4n) is 2.94. The van der Waals surface area contributed by atoms with Crippen LogP contribution in [0.3, 0.4) is 0 Å². The van der Waals surface area contributed by atoms with Gasteiger partial charge in [0.15, 0.2) is 0 Å². The zero-order valence-electron chi connectivity index (χ0n) is 10.9. The summed E-state index contributed by atoms with van der Waals surface area (Å²) in [5.74, 6) is 1.92. The molecule has 17 heavy (non-hydrogen) atoms. The predicted molar refractivity (Wildman–Crippen MR) is 69.2 cm³/mol. The van der Waals surface area contributed by atoms with E-state index in [1.54, 1.807) is 0 Å². The lowest BCUT2D eigenvalue weighted by molar-refractivity contribution is 0.0950. The summed E-state index contributed by atoms with van der Waals surface area (Å²) >= 11 is 0. The normalized spacial score (nSPS) is 33.0. The SMILES string of the molecule is CCC1CC1NC1c2ccccc2OC1(C)C. The third kappa shape index (κ3) is 1.85. The summed E-state index contributed by atoms with van der Waals surface area (Å²) in [6, 6.07) is 9.43. The molecule has 0 aromatic heterocycles. The van der Waals surface area contributed by atoms with Gasteiger partial charge in [0.2, 0.25) is 0 Å². The largest absolute Gasteiger partial charge is 0.486 e. The molecule has 0 radical (unpaired) electrons. The number of benzene rings is 1. The minimum Gasteiger partial charge on any atom is -0.486 e. The van der Waals surface area contributed by atoms with Gasteiger partial charge in [-0.2, -0.15) is 0 Å². The van der Waals surface area contributed by atoms with Crippen molar-refractivity contribution in [3.8, 4) is 5.75 Å². The number of nitrogens with one attached hydrogen (secondary N) is 1. The molecule has 1 heterocycles. The van der Waals surface area contributed by atoms with E-state index in [0.29, 0.717) is 12.1 Å². The Hall–Kier alpha value is -1.02. The molecule has 0 amide bonds. The number of hydrogen-bond donors (Lipinski definition) is 1. The van der Waals surface area contributed by atoms with Gasteiger partial charge in [-0.1, -0.05) is 31.5 Å². The highest BCUT2D eigenvalue weighted by Crippen LogP contribution is 2.45. The summed E-state index contributed by atoms with van der Waals surface area (Å²) in [5.41, 5.74) is 1.18. The van der Waals surface area contributed by atoms with E-state index in [4.69, 9.17) is 4.74 Å². The van der Waals surface area contributed by atoms with Crippen LogP contribution in [0.25, 0.3) is 0 Å². The topological polar surface area (TPSA) is 21.3 Å². The first kappa shape index (κ1) is 11.1. The summed E-state index contributed by atoms with van der Waals surface area (Å²) in [7, 11) is 0. The van der Waals surface area contributed by atoms with Crippen LogP contribution < -0.4 is 10.1 Å². The van der Waals surface area contributed by atoms with Crippen molar-refractivity contribution in [2.24, 2.45) is 5.92 Å². The van der Waals surface area contributed by atoms with Gasteiger partial charge in [0.05, 0.1) is 6.04 Å². The second kappa shape index (κ2) is 3.74. The van der Waals surface area contributed by atoms with Gasteiger partial charge in [-0.25, -0.2) is 0 Å². The van der Waals surface area contributed by atoms with Crippen molar-refractivity contribution in [1.29, 1.82) is 0 Å². The molecule has 0 bridgehead atoms. The van der Waals surface area contributed by atoms with Crippen LogP contribution in [-0.4, -0.2) is 11.6 Å². The van der Waals surface area contributed by atoms with Crippen LogP contribution in [0.4, 0.5) is 0 Å². The van der Waals surface area contributed by atoms with Crippen molar-refractivity contribution in [3.05, 3.63) is 29.8 Å². The Morgan fingerprint density at radius 3 is 2.82 bits per heavy atom. The molecule has 2 nitrogen and oxygen atoms in total. The molecule has 2 aliphatic rings. The van der Waals surface area contributed by atoms with E-state index in [2.05, 4.69) is 44.3 Å². The summed E-state index contributed by atoms with van der Waals surface area (Å²) in [6.07, 6.45) is 2.61. The number of para-hydroxylation sites is 1. The van der Waals surface area contributed by atoms with E-state index in [1.165, 1.54) is 18.4 Å². The van der Waals surface area contributed by atoms with Crippen LogP contribution in [0.5, 0.6) is 5.75 Å². The first-order chi connectivity index (χ1) is 8.12. The Balaban J connectivity index is 1.82. The van der Waals surface area contributed by atoms with Gasteiger partial charge in [0.1, 0.15) is 11.4 Å². The van der Waals surface area contributed by atoms with Crippen LogP contribution in [0.15, 0.2) is 24.3 Å². The Morgan fingerprint density at radius 1 is 1.35 bits per heavy atom. The van der Waals surface area contributed by atoms with Crippen molar-refractivity contribution in [1.82, 2.24) is 5.32 Å². The second-order valence-corrected chi connectivity index (χ2v) is 5.85. The molecule has 1 N–H and O–H groups in total. The molecule has 3 atom stereocenters. The average molecular weight is 231 g/mol. The standard InChI is InChI=1S/C15H21NO/c1-4-10-9-12(10)16-14-11-7-5-6-8-13(11)17-15(14,2)3/h5-8,10,12,14,16H,4,9H2,1-3H3. The maximum atomic E-state index is 6.04. The molecular formula is C15H21NO. The molecule has 1 aromatic rings. The highest BCUT2D eigenvalue weighted by molar-refractivity contribution is 5.42. The minimum absolute atomic E-state index is 0.134. The highest BCUT2D eigenvalue weighted by atomic mass is 16.5. The van der Waals surface area contributed by atoms with E-state index in [9.17, 15) is 0 Å². The lowest BCUT2D eigenvalue weighted by Gasteiger charge is -2.27. The number of rotatable bonds is 3. The maximum Gasteiger partial charge on any atom is 0.125 e. The van der Waals surface area contributed by atoms with Crippen molar-refractivity contribution in [3.63, 3.8) is 0 Å². The lowest BCUT2D eigenvalue weighted by Crippen LogP contribution is -2.40. The van der Waals surface area contributed by atoms with Crippen molar-refractivity contribution in [2.45, 2.75) is 51.3 Å². The molecule has 0 spiro atoms. The minimum atomic E-state index is -0.134. The smallest absolute Gasteiger partial charge is 0.125 e. The third-order valence-electron chi connectivity index (χ3n) is 4.13. The van der Waals surface area contributed by atoms with Crippen LogP contribution in [0, 0.1) is 5.92 Å². The Labute approximate surface area is 103 Å². The molecule has 0 saturated heterocycles. The van der Waals surface area contributed by atoms with Crippen molar-refractivity contribution in [2.75, 3.05) is 0 Å². The molecule has 3 unspecified atom stereocenters. The molecule has 1 fully saturated rings. The van der Waals surface area contributed by atoms with Gasteiger partial charge in [-0.3, -0.25) is 0 Å². The van der Waals surface area contributed by atoms with E-state index in [1.807, 2.05) is 6.07 Å². The Bertz CT molecular complexity index is 427. The number of ether oxygens (including phenoxy) is 1. The summed E-state index contributed by atoms with van der Waals surface area (Å²) in [5, 5.41) is 3.78. The second-order valence-electron chi connectivity index (χ2n) is 5.85. The molecule has 2 heteroatoms. The highest BCUT2D eigenvalue weighted by Gasteiger charge is 2.45. The van der Waals surface area contributed by atoms with Crippen LogP contribution >= 0.6 is 0 Å². The van der Waals surface area contributed by atoms with Gasteiger partial charge in [0.25, 0.3) is 0 Å². The third-order valence-corrected chi connectivity index (χ3v) is 4.13. The summed E-state index contributed by atoms with van der Waals surface area (Å²) in [4.78, 5) is 0. The average Bonchev–Trinajstić information content (AvgIpc) is 2.99. The zero-order valence-corrected chi connectivity index (χ0v) is 10.9. The van der Waals surface area contributed by atoms with Crippen molar-refractivity contribution < 1.29 is 4.74 Å². The molecule has 1 aliphatic heterocycles. The van der Waals surface area contributed by atoms with Gasteiger partial charge >= 0.3 is 0 Å². The van der Waals surface area contributed by atoms with E-state index < -0.39 is 0 Å². The first-order valence-corrected chi connectivity index (χ1v) is 6.66. The predicted octanol–water partition coefficient (Wildman–Crippen LogP) is 3.29. The van der Waals surface area contributed by atoms with Gasteiger partial charge in [-0.05, 0) is 32.3 Å². The molecule has 1 aliphatic carbocycles. The van der Waals surface area contributed by atoms with Crippen molar-refractivity contribution >= 4 is 0 Å². The van der Waals surface area contributed by atoms with E-state index in [0.717, 1.165) is 11.7 Å². The van der Waals surface area contributed by atoms with Gasteiger partial charge in [0, 0.05) is 11.6 Å². The monoisotopic (exact) mass is 231 g/mol. The van der Waals surface area contributed by atoms with E-state index in [-0.39, 0.29) is 5.60 Å². The fraction of sp³-hybridized carbons (Fsp3) is 0.600. The molecule has 1 saturated carbocycles. The fourth-order valence-corrected chi connectivity index (χ4v) is 2.94. The molecule has 1 aromatic carbocycles. The van der Waals surface area contributed by atoms with Crippen LogP contribution in [-0.2, 0) is 0 Å². The van der Waals surface area contributed by atoms with Crippen LogP contribution in [0.1, 0.15) is 45.2 Å². The van der Waals surface area contributed by atoms with Gasteiger partial charge in [-0.15, -0.1) is 0 Å². The quantitative estimate of drug-likeness (QED) is 0.862. The van der Waals surface area contributed by atoms with Crippen LogP contribution in [0.2, 0.25) is 0 Å². The summed E-state index contributed by atoms with van der Waals surface area (Å²) in [6.45, 7) is 6.62.